The highest BCUT2D eigenvalue weighted by molar-refractivity contribution is 7.80. The number of nitrogens with one attached hydrogen (secondary N) is 2. The Morgan fingerprint density at radius 1 is 1.10 bits per heavy atom. The predicted molar refractivity (Wildman–Crippen MR) is 84.4 cm³/mol. The Bertz CT molecular complexity index is 646. The molecule has 0 bridgehead atoms. The highest BCUT2D eigenvalue weighted by Gasteiger charge is 2.06. The predicted octanol–water partition coefficient (Wildman–Crippen LogP) is 4.06. The number of anilines is 2. The maximum Gasteiger partial charge on any atom is 0.271 e. The fourth-order valence-corrected chi connectivity index (χ4v) is 1.89. The minimum absolute atomic E-state index is 0.00397. The first-order valence-corrected chi connectivity index (χ1v) is 6.41. The van der Waals surface area contributed by atoms with E-state index in [0.29, 0.717) is 15.8 Å². The summed E-state index contributed by atoms with van der Waals surface area (Å²) in [6, 6.07) is 13.2. The Kier molecular flexibility index (Phi) is 4.49. The van der Waals surface area contributed by atoms with Crippen LogP contribution in [-0.4, -0.2) is 10.0 Å². The van der Waals surface area contributed by atoms with Gasteiger partial charge in [0, 0.05) is 28.5 Å². The molecule has 5 nitrogen and oxygen atoms in total. The van der Waals surface area contributed by atoms with Crippen molar-refractivity contribution in [3.63, 3.8) is 0 Å². The van der Waals surface area contributed by atoms with Crippen molar-refractivity contribution >= 4 is 46.0 Å². The monoisotopic (exact) mass is 307 g/mol. The number of halogens is 1. The van der Waals surface area contributed by atoms with Gasteiger partial charge in [-0.1, -0.05) is 17.7 Å². The van der Waals surface area contributed by atoms with Crippen molar-refractivity contribution in [3.8, 4) is 0 Å². The summed E-state index contributed by atoms with van der Waals surface area (Å²) in [6.45, 7) is 0. The number of nitro benzene ring substituents is 1. The molecule has 0 radical (unpaired) electrons. The van der Waals surface area contributed by atoms with Crippen LogP contribution in [0.15, 0.2) is 48.5 Å². The van der Waals surface area contributed by atoms with Gasteiger partial charge in [-0.25, -0.2) is 0 Å². The SMILES string of the molecule is O=[N+]([O-])c1cccc(NC(=S)Nc2ccc(Cl)cc2)c1. The number of thiocarbonyl (C=S) groups is 1. The van der Waals surface area contributed by atoms with E-state index < -0.39 is 4.92 Å². The number of hydrogen-bond donors (Lipinski definition) is 2. The van der Waals surface area contributed by atoms with Crippen LogP contribution in [-0.2, 0) is 0 Å². The molecule has 0 aliphatic heterocycles. The van der Waals surface area contributed by atoms with Gasteiger partial charge in [-0.2, -0.15) is 0 Å². The smallest absolute Gasteiger partial charge is 0.271 e. The highest BCUT2D eigenvalue weighted by atomic mass is 35.5. The average molecular weight is 308 g/mol. The van der Waals surface area contributed by atoms with Crippen molar-refractivity contribution in [2.75, 3.05) is 10.6 Å². The highest BCUT2D eigenvalue weighted by Crippen LogP contribution is 2.18. The van der Waals surface area contributed by atoms with Crippen LogP contribution in [0.5, 0.6) is 0 Å². The molecule has 0 saturated carbocycles. The van der Waals surface area contributed by atoms with E-state index in [4.69, 9.17) is 23.8 Å². The van der Waals surface area contributed by atoms with E-state index in [2.05, 4.69) is 10.6 Å². The molecule has 7 heteroatoms. The third-order valence-corrected chi connectivity index (χ3v) is 2.87. The van der Waals surface area contributed by atoms with E-state index in [9.17, 15) is 10.1 Å². The summed E-state index contributed by atoms with van der Waals surface area (Å²) in [5, 5.41) is 17.5. The summed E-state index contributed by atoms with van der Waals surface area (Å²) in [7, 11) is 0. The van der Waals surface area contributed by atoms with Gasteiger partial charge in [0.25, 0.3) is 5.69 Å². The van der Waals surface area contributed by atoms with E-state index >= 15 is 0 Å². The molecule has 0 unspecified atom stereocenters. The molecular weight excluding hydrogens is 298 g/mol. The molecule has 0 amide bonds. The zero-order valence-corrected chi connectivity index (χ0v) is 11.7. The van der Waals surface area contributed by atoms with Gasteiger partial charge in [0.1, 0.15) is 0 Å². The second-order valence-corrected chi connectivity index (χ2v) is 4.74. The fourth-order valence-electron chi connectivity index (χ4n) is 1.52. The van der Waals surface area contributed by atoms with Crippen LogP contribution in [0.3, 0.4) is 0 Å². The maximum absolute atomic E-state index is 10.7. The second kappa shape index (κ2) is 6.31. The first-order chi connectivity index (χ1) is 9.54. The lowest BCUT2D eigenvalue weighted by atomic mass is 10.3. The van der Waals surface area contributed by atoms with Crippen molar-refractivity contribution in [2.24, 2.45) is 0 Å². The van der Waals surface area contributed by atoms with Gasteiger partial charge in [0.15, 0.2) is 5.11 Å². The van der Waals surface area contributed by atoms with Gasteiger partial charge in [0.05, 0.1) is 4.92 Å². The van der Waals surface area contributed by atoms with Gasteiger partial charge in [-0.3, -0.25) is 10.1 Å². The van der Waals surface area contributed by atoms with E-state index in [1.807, 2.05) is 0 Å². The molecule has 2 rings (SSSR count). The molecule has 2 N–H and O–H groups in total. The summed E-state index contributed by atoms with van der Waals surface area (Å²) in [5.41, 5.74) is 1.33. The molecule has 0 spiro atoms. The Labute approximate surface area is 125 Å². The Hall–Kier alpha value is -2.18. The molecule has 0 heterocycles. The number of rotatable bonds is 3. The van der Waals surface area contributed by atoms with Gasteiger partial charge in [0.2, 0.25) is 0 Å². The van der Waals surface area contributed by atoms with Gasteiger partial charge in [-0.15, -0.1) is 0 Å². The quantitative estimate of drug-likeness (QED) is 0.508. The van der Waals surface area contributed by atoms with Crippen LogP contribution in [0.2, 0.25) is 5.02 Å². The van der Waals surface area contributed by atoms with Crippen molar-refractivity contribution in [3.05, 3.63) is 63.7 Å². The molecule has 102 valence electrons. The summed E-state index contributed by atoms with van der Waals surface area (Å²) < 4.78 is 0. The van der Waals surface area contributed by atoms with E-state index in [0.717, 1.165) is 5.69 Å². The largest absolute Gasteiger partial charge is 0.332 e. The lowest BCUT2D eigenvalue weighted by Crippen LogP contribution is -2.18. The minimum atomic E-state index is -0.457. The van der Waals surface area contributed by atoms with Crippen LogP contribution in [0.25, 0.3) is 0 Å². The van der Waals surface area contributed by atoms with Crippen LogP contribution < -0.4 is 10.6 Å². The average Bonchev–Trinajstić information content (AvgIpc) is 2.41. The summed E-state index contributed by atoms with van der Waals surface area (Å²) in [5.74, 6) is 0. The van der Waals surface area contributed by atoms with E-state index in [1.54, 1.807) is 36.4 Å². The lowest BCUT2D eigenvalue weighted by molar-refractivity contribution is -0.384. The van der Waals surface area contributed by atoms with Crippen molar-refractivity contribution in [1.29, 1.82) is 0 Å². The molecular formula is C13H10ClN3O2S. The van der Waals surface area contributed by atoms with Gasteiger partial charge >= 0.3 is 0 Å². The van der Waals surface area contributed by atoms with Crippen LogP contribution >= 0.6 is 23.8 Å². The van der Waals surface area contributed by atoms with Crippen molar-refractivity contribution in [2.45, 2.75) is 0 Å². The van der Waals surface area contributed by atoms with Gasteiger partial charge < -0.3 is 10.6 Å². The first kappa shape index (κ1) is 14.2. The zero-order chi connectivity index (χ0) is 14.5. The third kappa shape index (κ3) is 3.91. The fraction of sp³-hybridized carbons (Fsp3) is 0. The molecule has 20 heavy (non-hydrogen) atoms. The van der Waals surface area contributed by atoms with Crippen molar-refractivity contribution < 1.29 is 4.92 Å². The molecule has 0 aliphatic rings. The summed E-state index contributed by atoms with van der Waals surface area (Å²) in [6.07, 6.45) is 0. The number of non-ortho nitro benzene ring substituents is 1. The molecule has 0 aliphatic carbocycles. The number of benzene rings is 2. The van der Waals surface area contributed by atoms with Gasteiger partial charge in [-0.05, 0) is 42.5 Å². The molecule has 0 aromatic heterocycles. The second-order valence-electron chi connectivity index (χ2n) is 3.89. The van der Waals surface area contributed by atoms with E-state index in [1.165, 1.54) is 12.1 Å². The lowest BCUT2D eigenvalue weighted by Gasteiger charge is -2.10. The summed E-state index contributed by atoms with van der Waals surface area (Å²) >= 11 is 10.9. The standard InChI is InChI=1S/C13H10ClN3O2S/c14-9-4-6-10(7-5-9)15-13(20)16-11-2-1-3-12(8-11)17(18)19/h1-8H,(H2,15,16,20). The third-order valence-electron chi connectivity index (χ3n) is 2.42. The Morgan fingerprint density at radius 3 is 2.40 bits per heavy atom. The number of nitrogens with zero attached hydrogens (tertiary/aromatic N) is 1. The van der Waals surface area contributed by atoms with E-state index in [-0.39, 0.29) is 5.69 Å². The number of nitro groups is 1. The van der Waals surface area contributed by atoms with Crippen LogP contribution in [0.4, 0.5) is 17.1 Å². The van der Waals surface area contributed by atoms with Crippen LogP contribution in [0, 0.1) is 10.1 Å². The molecule has 0 atom stereocenters. The number of hydrogen-bond acceptors (Lipinski definition) is 3. The summed E-state index contributed by atoms with van der Waals surface area (Å²) in [4.78, 5) is 10.2. The van der Waals surface area contributed by atoms with Crippen molar-refractivity contribution in [1.82, 2.24) is 0 Å². The molecule has 2 aromatic carbocycles. The first-order valence-electron chi connectivity index (χ1n) is 5.62. The minimum Gasteiger partial charge on any atom is -0.332 e. The Morgan fingerprint density at radius 2 is 1.75 bits per heavy atom. The normalized spacial score (nSPS) is 9.85. The topological polar surface area (TPSA) is 67.2 Å². The zero-order valence-electron chi connectivity index (χ0n) is 10.2. The van der Waals surface area contributed by atoms with Crippen LogP contribution in [0.1, 0.15) is 0 Å². The maximum atomic E-state index is 10.7. The molecule has 0 saturated heterocycles. The molecule has 0 fully saturated rings. The Balaban J connectivity index is 2.02. The molecule has 2 aromatic rings.